The van der Waals surface area contributed by atoms with Gasteiger partial charge in [0.05, 0.1) is 20.1 Å². The maximum Gasteiger partial charge on any atom is 0.310 e. The van der Waals surface area contributed by atoms with Gasteiger partial charge in [0, 0.05) is 32.1 Å². The first kappa shape index (κ1) is 20.5. The SMILES string of the molecule is COC(=O)C(C)CN(CCCNC(C)=O)C(=O)c1ccc(OC)cc1. The fraction of sp³-hybridized carbons (Fsp3) is 0.500. The molecule has 1 N–H and O–H groups in total. The van der Waals surface area contributed by atoms with Gasteiger partial charge in [0.25, 0.3) is 5.91 Å². The van der Waals surface area contributed by atoms with E-state index in [9.17, 15) is 14.4 Å². The average Bonchev–Trinajstić information content (AvgIpc) is 2.62. The number of methoxy groups -OCH3 is 2. The van der Waals surface area contributed by atoms with Gasteiger partial charge in [-0.05, 0) is 30.7 Å². The van der Waals surface area contributed by atoms with Crippen molar-refractivity contribution in [3.05, 3.63) is 29.8 Å². The van der Waals surface area contributed by atoms with Crippen molar-refractivity contribution < 1.29 is 23.9 Å². The van der Waals surface area contributed by atoms with Crippen molar-refractivity contribution in [2.75, 3.05) is 33.9 Å². The normalized spacial score (nSPS) is 11.4. The molecule has 25 heavy (non-hydrogen) atoms. The van der Waals surface area contributed by atoms with Crippen LogP contribution >= 0.6 is 0 Å². The fourth-order valence-corrected chi connectivity index (χ4v) is 2.33. The predicted octanol–water partition coefficient (Wildman–Crippen LogP) is 1.47. The van der Waals surface area contributed by atoms with Crippen molar-refractivity contribution in [1.82, 2.24) is 10.2 Å². The van der Waals surface area contributed by atoms with E-state index in [4.69, 9.17) is 9.47 Å². The van der Waals surface area contributed by atoms with E-state index in [1.165, 1.54) is 14.0 Å². The number of hydrogen-bond donors (Lipinski definition) is 1. The fourth-order valence-electron chi connectivity index (χ4n) is 2.33. The van der Waals surface area contributed by atoms with Crippen molar-refractivity contribution in [3.63, 3.8) is 0 Å². The third-order valence-corrected chi connectivity index (χ3v) is 3.70. The summed E-state index contributed by atoms with van der Waals surface area (Å²) in [4.78, 5) is 37.0. The molecule has 1 unspecified atom stereocenters. The summed E-state index contributed by atoms with van der Waals surface area (Å²) in [6.45, 7) is 4.30. The van der Waals surface area contributed by atoms with Gasteiger partial charge < -0.3 is 19.7 Å². The number of benzene rings is 1. The average molecular weight is 350 g/mol. The lowest BCUT2D eigenvalue weighted by Crippen LogP contribution is -2.39. The number of carbonyl (C=O) groups is 3. The summed E-state index contributed by atoms with van der Waals surface area (Å²) >= 11 is 0. The van der Waals surface area contributed by atoms with Gasteiger partial charge in [0.15, 0.2) is 0 Å². The number of amides is 2. The summed E-state index contributed by atoms with van der Waals surface area (Å²) < 4.78 is 9.83. The first-order valence-electron chi connectivity index (χ1n) is 8.14. The van der Waals surface area contributed by atoms with E-state index in [0.29, 0.717) is 30.8 Å². The van der Waals surface area contributed by atoms with Crippen molar-refractivity contribution in [2.45, 2.75) is 20.3 Å². The molecule has 0 heterocycles. The smallest absolute Gasteiger partial charge is 0.310 e. The van der Waals surface area contributed by atoms with E-state index >= 15 is 0 Å². The molecule has 0 spiro atoms. The lowest BCUT2D eigenvalue weighted by molar-refractivity contribution is -0.145. The molecule has 0 saturated heterocycles. The van der Waals surface area contributed by atoms with Crippen LogP contribution in [0.5, 0.6) is 5.75 Å². The molecule has 7 nitrogen and oxygen atoms in total. The van der Waals surface area contributed by atoms with Gasteiger partial charge in [-0.2, -0.15) is 0 Å². The summed E-state index contributed by atoms with van der Waals surface area (Å²) in [7, 11) is 2.88. The van der Waals surface area contributed by atoms with Crippen LogP contribution in [0.3, 0.4) is 0 Å². The molecule has 1 aromatic rings. The molecule has 0 saturated carbocycles. The van der Waals surface area contributed by atoms with E-state index < -0.39 is 5.92 Å². The molecular weight excluding hydrogens is 324 g/mol. The molecule has 0 aliphatic carbocycles. The van der Waals surface area contributed by atoms with Crippen molar-refractivity contribution in [3.8, 4) is 5.75 Å². The maximum atomic E-state index is 12.8. The molecule has 0 radical (unpaired) electrons. The van der Waals surface area contributed by atoms with Crippen LogP contribution < -0.4 is 10.1 Å². The number of carbonyl (C=O) groups excluding carboxylic acids is 3. The zero-order valence-electron chi connectivity index (χ0n) is 15.2. The number of nitrogens with one attached hydrogen (secondary N) is 1. The van der Waals surface area contributed by atoms with Crippen LogP contribution in [-0.4, -0.2) is 56.5 Å². The molecule has 1 rings (SSSR count). The summed E-state index contributed by atoms with van der Waals surface area (Å²) in [5.41, 5.74) is 0.511. The van der Waals surface area contributed by atoms with Crippen LogP contribution in [0.2, 0.25) is 0 Å². The standard InChI is InChI=1S/C18H26N2O5/c1-13(18(23)25-4)12-20(11-5-10-19-14(2)21)17(22)15-6-8-16(24-3)9-7-15/h6-9,13H,5,10-12H2,1-4H3,(H,19,21). The third kappa shape index (κ3) is 6.82. The van der Waals surface area contributed by atoms with E-state index in [1.54, 1.807) is 43.2 Å². The van der Waals surface area contributed by atoms with Crippen LogP contribution in [0.1, 0.15) is 30.6 Å². The summed E-state index contributed by atoms with van der Waals surface area (Å²) in [5.74, 6) is -0.434. The minimum absolute atomic E-state index is 0.115. The van der Waals surface area contributed by atoms with Crippen LogP contribution in [0.25, 0.3) is 0 Å². The second kappa shape index (κ2) is 10.3. The lowest BCUT2D eigenvalue weighted by atomic mass is 10.1. The van der Waals surface area contributed by atoms with E-state index in [-0.39, 0.29) is 24.3 Å². The number of hydrogen-bond acceptors (Lipinski definition) is 5. The predicted molar refractivity (Wildman–Crippen MR) is 93.4 cm³/mol. The zero-order valence-corrected chi connectivity index (χ0v) is 15.2. The minimum Gasteiger partial charge on any atom is -0.497 e. The lowest BCUT2D eigenvalue weighted by Gasteiger charge is -2.25. The molecule has 138 valence electrons. The molecule has 0 aromatic heterocycles. The van der Waals surface area contributed by atoms with Gasteiger partial charge in [-0.25, -0.2) is 0 Å². The first-order chi connectivity index (χ1) is 11.9. The van der Waals surface area contributed by atoms with Crippen LogP contribution in [0.15, 0.2) is 24.3 Å². The molecule has 0 aliphatic rings. The van der Waals surface area contributed by atoms with E-state index in [2.05, 4.69) is 5.32 Å². The molecule has 0 aliphatic heterocycles. The third-order valence-electron chi connectivity index (χ3n) is 3.70. The van der Waals surface area contributed by atoms with Gasteiger partial charge in [-0.3, -0.25) is 14.4 Å². The second-order valence-corrected chi connectivity index (χ2v) is 5.74. The highest BCUT2D eigenvalue weighted by atomic mass is 16.5. The summed E-state index contributed by atoms with van der Waals surface area (Å²) in [5, 5.41) is 2.70. The topological polar surface area (TPSA) is 84.9 Å². The Labute approximate surface area is 148 Å². The largest absolute Gasteiger partial charge is 0.497 e. The molecule has 2 amide bonds. The highest BCUT2D eigenvalue weighted by Gasteiger charge is 2.22. The monoisotopic (exact) mass is 350 g/mol. The molecular formula is C18H26N2O5. The molecule has 1 atom stereocenters. The Balaban J connectivity index is 2.80. The second-order valence-electron chi connectivity index (χ2n) is 5.74. The first-order valence-corrected chi connectivity index (χ1v) is 8.14. The van der Waals surface area contributed by atoms with Gasteiger partial charge in [-0.15, -0.1) is 0 Å². The molecule has 7 heteroatoms. The van der Waals surface area contributed by atoms with Crippen molar-refractivity contribution in [1.29, 1.82) is 0 Å². The Morgan fingerprint density at radius 2 is 1.80 bits per heavy atom. The summed E-state index contributed by atoms with van der Waals surface area (Å²) in [6, 6.07) is 6.80. The van der Waals surface area contributed by atoms with Gasteiger partial charge in [0.2, 0.25) is 5.91 Å². The Morgan fingerprint density at radius 1 is 1.16 bits per heavy atom. The Hall–Kier alpha value is -2.57. The maximum absolute atomic E-state index is 12.8. The van der Waals surface area contributed by atoms with Crippen LogP contribution in [0, 0.1) is 5.92 Å². The van der Waals surface area contributed by atoms with Crippen molar-refractivity contribution >= 4 is 17.8 Å². The van der Waals surface area contributed by atoms with Crippen LogP contribution in [0.4, 0.5) is 0 Å². The Bertz CT molecular complexity index is 586. The van der Waals surface area contributed by atoms with Crippen molar-refractivity contribution in [2.24, 2.45) is 5.92 Å². The van der Waals surface area contributed by atoms with Gasteiger partial charge >= 0.3 is 5.97 Å². The Morgan fingerprint density at radius 3 is 2.32 bits per heavy atom. The highest BCUT2D eigenvalue weighted by molar-refractivity contribution is 5.94. The van der Waals surface area contributed by atoms with Gasteiger partial charge in [0.1, 0.15) is 5.75 Å². The zero-order chi connectivity index (χ0) is 18.8. The van der Waals surface area contributed by atoms with E-state index in [0.717, 1.165) is 0 Å². The molecule has 0 bridgehead atoms. The number of ether oxygens (including phenoxy) is 2. The van der Waals surface area contributed by atoms with E-state index in [1.807, 2.05) is 0 Å². The number of rotatable bonds is 9. The quantitative estimate of drug-likeness (QED) is 0.538. The van der Waals surface area contributed by atoms with Gasteiger partial charge in [-0.1, -0.05) is 6.92 Å². The summed E-state index contributed by atoms with van der Waals surface area (Å²) in [6.07, 6.45) is 0.593. The number of nitrogens with zero attached hydrogens (tertiary/aromatic N) is 1. The number of esters is 1. The Kier molecular flexibility index (Phi) is 8.46. The van der Waals surface area contributed by atoms with Crippen LogP contribution in [-0.2, 0) is 14.3 Å². The molecule has 1 aromatic carbocycles. The minimum atomic E-state index is -0.437. The molecule has 0 fully saturated rings. The highest BCUT2D eigenvalue weighted by Crippen LogP contribution is 2.14.